The van der Waals surface area contributed by atoms with Crippen molar-refractivity contribution >= 4 is 0 Å². The first-order valence-electron chi connectivity index (χ1n) is 22.4. The number of hydrogen-bond acceptors (Lipinski definition) is 3. The fourth-order valence-corrected chi connectivity index (χ4v) is 7.74. The zero-order valence-electron chi connectivity index (χ0n) is 33.7. The fourth-order valence-electron chi connectivity index (χ4n) is 7.74. The molecule has 4 atom stereocenters. The first kappa shape index (κ1) is 44.5. The average molecular weight is 687 g/mol. The zero-order valence-corrected chi connectivity index (χ0v) is 33.7. The molecule has 3 heteroatoms. The highest BCUT2D eigenvalue weighted by Gasteiger charge is 2.54. The highest BCUT2D eigenvalue weighted by molar-refractivity contribution is 5.17. The van der Waals surface area contributed by atoms with E-state index < -0.39 is 0 Å². The van der Waals surface area contributed by atoms with Crippen molar-refractivity contribution in [2.45, 2.75) is 257 Å². The maximum Gasteiger partial charge on any atom is 0.116 e. The molecule has 2 fully saturated rings. The normalized spacial score (nSPS) is 19.9. The number of unbranched alkanes of at least 4 members (excludes halogenated alkanes) is 28. The Morgan fingerprint density at radius 2 is 0.653 bits per heavy atom. The van der Waals surface area contributed by atoms with E-state index in [0.717, 1.165) is 38.9 Å². The second-order valence-corrected chi connectivity index (χ2v) is 15.9. The minimum absolute atomic E-state index is 0.175. The van der Waals surface area contributed by atoms with Gasteiger partial charge in [-0.05, 0) is 38.5 Å². The maximum absolute atomic E-state index is 7.20. The smallest absolute Gasteiger partial charge is 0.116 e. The molecule has 0 aromatic heterocycles. The first-order valence-corrected chi connectivity index (χ1v) is 22.4. The molecule has 49 heavy (non-hydrogen) atoms. The molecule has 2 heterocycles. The van der Waals surface area contributed by atoms with Gasteiger partial charge < -0.3 is 14.2 Å². The zero-order chi connectivity index (χ0) is 35.1. The van der Waals surface area contributed by atoms with Crippen LogP contribution in [0.2, 0.25) is 0 Å². The molecular weight excluding hydrogens is 601 g/mol. The summed E-state index contributed by atoms with van der Waals surface area (Å²) in [7, 11) is 0. The second-order valence-electron chi connectivity index (χ2n) is 15.9. The van der Waals surface area contributed by atoms with Gasteiger partial charge in [0, 0.05) is 0 Å². The molecular formula is C46H86O3. The molecule has 2 rings (SSSR count). The lowest BCUT2D eigenvalue weighted by atomic mass is 9.89. The second kappa shape index (κ2) is 29.9. The van der Waals surface area contributed by atoms with Gasteiger partial charge in [-0.3, -0.25) is 0 Å². The molecule has 4 unspecified atom stereocenters. The monoisotopic (exact) mass is 687 g/mol. The average Bonchev–Trinajstić information content (AvgIpc) is 4.04. The van der Waals surface area contributed by atoms with Crippen LogP contribution in [0.1, 0.15) is 233 Å². The summed E-state index contributed by atoms with van der Waals surface area (Å²) in [4.78, 5) is 0. The van der Waals surface area contributed by atoms with E-state index in [9.17, 15) is 0 Å². The minimum Gasteiger partial charge on any atom is -0.370 e. The molecule has 3 nitrogen and oxygen atoms in total. The summed E-state index contributed by atoms with van der Waals surface area (Å²) in [6.45, 7) is 10.8. The number of rotatable bonds is 38. The van der Waals surface area contributed by atoms with Crippen molar-refractivity contribution in [3.05, 3.63) is 24.3 Å². The third-order valence-electron chi connectivity index (χ3n) is 11.5. The van der Waals surface area contributed by atoms with Gasteiger partial charge in [0.1, 0.15) is 23.4 Å². The van der Waals surface area contributed by atoms with Crippen LogP contribution in [0.4, 0.5) is 0 Å². The lowest BCUT2D eigenvalue weighted by Gasteiger charge is -2.39. The van der Waals surface area contributed by atoms with Gasteiger partial charge in [-0.2, -0.15) is 0 Å². The summed E-state index contributed by atoms with van der Waals surface area (Å²) in [5, 5.41) is 0. The van der Waals surface area contributed by atoms with Crippen LogP contribution in [0.25, 0.3) is 0 Å². The van der Waals surface area contributed by atoms with E-state index in [0.29, 0.717) is 0 Å². The number of hydrogen-bond donors (Lipinski definition) is 0. The molecule has 0 bridgehead atoms. The molecule has 0 N–H and O–H groups in total. The number of ether oxygens (including phenoxy) is 3. The van der Waals surface area contributed by atoms with E-state index in [2.05, 4.69) is 52.0 Å². The van der Waals surface area contributed by atoms with Crippen molar-refractivity contribution in [2.75, 3.05) is 13.2 Å². The summed E-state index contributed by atoms with van der Waals surface area (Å²) >= 11 is 0. The Morgan fingerprint density at radius 3 is 0.878 bits per heavy atom. The summed E-state index contributed by atoms with van der Waals surface area (Å²) in [5.74, 6) is 0. The topological polar surface area (TPSA) is 34.3 Å². The third kappa shape index (κ3) is 21.5. The lowest BCUT2D eigenvalue weighted by Crippen LogP contribution is -2.48. The van der Waals surface area contributed by atoms with Crippen molar-refractivity contribution in [2.24, 2.45) is 0 Å². The van der Waals surface area contributed by atoms with E-state index >= 15 is 0 Å². The maximum atomic E-state index is 7.20. The Kier molecular flexibility index (Phi) is 27.2. The Balaban J connectivity index is 1.61. The third-order valence-corrected chi connectivity index (χ3v) is 11.5. The molecule has 0 radical (unpaired) electrons. The van der Waals surface area contributed by atoms with Gasteiger partial charge in [-0.25, -0.2) is 0 Å². The molecule has 2 aliphatic heterocycles. The first-order chi connectivity index (χ1) is 24.2. The standard InChI is InChI=1S/C46H86O3/c1-5-9-11-13-15-17-19-21-23-25-27-29-31-33-35-37-39-45(7-3,43-41-47-43)49-46(8-4,44-42-48-44)40-38-36-34-32-30-28-26-24-22-20-18-16-14-12-10-6-2/h37-40,43-44H,5-36,41-42H2,1-4H3. The number of epoxide rings is 2. The van der Waals surface area contributed by atoms with Crippen molar-refractivity contribution in [3.63, 3.8) is 0 Å². The highest BCUT2D eigenvalue weighted by atomic mass is 16.6. The molecule has 0 aromatic rings. The molecule has 0 saturated carbocycles. The largest absolute Gasteiger partial charge is 0.370 e. The lowest BCUT2D eigenvalue weighted by molar-refractivity contribution is -0.132. The summed E-state index contributed by atoms with van der Waals surface area (Å²) in [6, 6.07) is 0. The van der Waals surface area contributed by atoms with Crippen molar-refractivity contribution in [3.8, 4) is 0 Å². The van der Waals surface area contributed by atoms with Crippen molar-refractivity contribution in [1.82, 2.24) is 0 Å². The SMILES string of the molecule is CCCCCCCCCCCCCCCCC=CC(CC)(OC(C=CCCCCCCCCCCCCCCCC)(CC)C1CO1)C1CO1. The number of allylic oxidation sites excluding steroid dienone is 2. The van der Waals surface area contributed by atoms with Gasteiger partial charge in [-0.1, -0.05) is 219 Å². The Bertz CT molecular complexity index is 719. The molecule has 0 aromatic carbocycles. The predicted octanol–water partition coefficient (Wildman–Crippen LogP) is 15.0. The van der Waals surface area contributed by atoms with Crippen LogP contribution in [0.5, 0.6) is 0 Å². The van der Waals surface area contributed by atoms with E-state index in [1.54, 1.807) is 0 Å². The van der Waals surface area contributed by atoms with Gasteiger partial charge in [-0.15, -0.1) is 0 Å². The van der Waals surface area contributed by atoms with Gasteiger partial charge in [0.15, 0.2) is 0 Å². The van der Waals surface area contributed by atoms with Gasteiger partial charge in [0.05, 0.1) is 13.2 Å². The van der Waals surface area contributed by atoms with Gasteiger partial charge in [0.2, 0.25) is 0 Å². The van der Waals surface area contributed by atoms with Crippen LogP contribution >= 0.6 is 0 Å². The Labute approximate surface area is 307 Å². The molecule has 0 spiro atoms. The van der Waals surface area contributed by atoms with Gasteiger partial charge in [0.25, 0.3) is 0 Å². The minimum atomic E-state index is -0.350. The quantitative estimate of drug-likeness (QED) is 0.0368. The molecule has 288 valence electrons. The Hall–Kier alpha value is -0.640. The van der Waals surface area contributed by atoms with Crippen molar-refractivity contribution in [1.29, 1.82) is 0 Å². The van der Waals surface area contributed by atoms with E-state index in [1.807, 2.05) is 0 Å². The fraction of sp³-hybridized carbons (Fsp3) is 0.913. The summed E-state index contributed by atoms with van der Waals surface area (Å²) in [6.07, 6.45) is 53.5. The predicted molar refractivity (Wildman–Crippen MR) is 215 cm³/mol. The summed E-state index contributed by atoms with van der Waals surface area (Å²) < 4.78 is 19.1. The van der Waals surface area contributed by atoms with E-state index in [4.69, 9.17) is 14.2 Å². The van der Waals surface area contributed by atoms with Crippen LogP contribution in [0.15, 0.2) is 24.3 Å². The van der Waals surface area contributed by atoms with Crippen LogP contribution in [0.3, 0.4) is 0 Å². The Morgan fingerprint density at radius 1 is 0.408 bits per heavy atom. The highest BCUT2D eigenvalue weighted by Crippen LogP contribution is 2.43. The van der Waals surface area contributed by atoms with Crippen LogP contribution < -0.4 is 0 Å². The molecule has 0 aliphatic carbocycles. The molecule has 2 aliphatic rings. The van der Waals surface area contributed by atoms with Crippen LogP contribution in [-0.2, 0) is 14.2 Å². The van der Waals surface area contributed by atoms with E-state index in [1.165, 1.54) is 180 Å². The summed E-state index contributed by atoms with van der Waals surface area (Å²) in [5.41, 5.74) is -0.700. The van der Waals surface area contributed by atoms with Gasteiger partial charge >= 0.3 is 0 Å². The van der Waals surface area contributed by atoms with Crippen molar-refractivity contribution < 1.29 is 14.2 Å². The van der Waals surface area contributed by atoms with Crippen LogP contribution in [0, 0.1) is 0 Å². The molecule has 0 amide bonds. The van der Waals surface area contributed by atoms with Crippen LogP contribution in [-0.4, -0.2) is 36.6 Å². The molecule has 2 saturated heterocycles. The van der Waals surface area contributed by atoms with E-state index in [-0.39, 0.29) is 23.4 Å².